The van der Waals surface area contributed by atoms with E-state index in [9.17, 15) is 4.79 Å². The van der Waals surface area contributed by atoms with Crippen LogP contribution in [0, 0.1) is 0 Å². The van der Waals surface area contributed by atoms with Crippen molar-refractivity contribution >= 4 is 29.0 Å². The molecule has 6 nitrogen and oxygen atoms in total. The molecule has 1 fully saturated rings. The van der Waals surface area contributed by atoms with Crippen molar-refractivity contribution in [1.29, 1.82) is 0 Å². The highest BCUT2D eigenvalue weighted by Crippen LogP contribution is 2.39. The average molecular weight is 415 g/mol. The van der Waals surface area contributed by atoms with Crippen molar-refractivity contribution in [3.8, 4) is 5.75 Å². The number of rotatable bonds is 9. The number of amides is 1. The van der Waals surface area contributed by atoms with Crippen molar-refractivity contribution in [2.45, 2.75) is 37.0 Å². The lowest BCUT2D eigenvalue weighted by Crippen LogP contribution is -2.24. The van der Waals surface area contributed by atoms with Crippen LogP contribution in [0.5, 0.6) is 5.75 Å². The van der Waals surface area contributed by atoms with E-state index in [1.807, 2.05) is 24.3 Å². The molecule has 4 rings (SSSR count). The smallest absolute Gasteiger partial charge is 0.230 e. The minimum Gasteiger partial charge on any atom is -0.497 e. The van der Waals surface area contributed by atoms with E-state index in [2.05, 4.69) is 37.6 Å². The number of aromatic nitrogens is 3. The van der Waals surface area contributed by atoms with E-state index in [4.69, 9.17) is 4.74 Å². The largest absolute Gasteiger partial charge is 0.497 e. The fraction of sp³-hybridized carbons (Fsp3) is 0.350. The molecule has 1 saturated carbocycles. The zero-order valence-electron chi connectivity index (χ0n) is 15.6. The quantitative estimate of drug-likeness (QED) is 0.541. The minimum atomic E-state index is -0.00836. The second-order valence-corrected chi connectivity index (χ2v) is 8.64. The van der Waals surface area contributed by atoms with E-state index in [0.29, 0.717) is 18.3 Å². The summed E-state index contributed by atoms with van der Waals surface area (Å²) >= 11 is 3.19. The van der Waals surface area contributed by atoms with Crippen LogP contribution in [0.4, 0.5) is 0 Å². The van der Waals surface area contributed by atoms with Crippen molar-refractivity contribution in [3.05, 3.63) is 58.0 Å². The number of hydrogen-bond acceptors (Lipinski definition) is 6. The van der Waals surface area contributed by atoms with Gasteiger partial charge in [-0.05, 0) is 42.0 Å². The number of carbonyl (C=O) groups excluding carboxylic acids is 1. The summed E-state index contributed by atoms with van der Waals surface area (Å²) in [5.74, 6) is 2.13. The molecular formula is C20H22N4O2S2. The van der Waals surface area contributed by atoms with Crippen molar-refractivity contribution in [2.24, 2.45) is 0 Å². The van der Waals surface area contributed by atoms with Crippen LogP contribution >= 0.6 is 23.1 Å². The van der Waals surface area contributed by atoms with Gasteiger partial charge in [0.25, 0.3) is 0 Å². The molecule has 1 amide bonds. The molecule has 0 bridgehead atoms. The molecule has 2 heterocycles. The van der Waals surface area contributed by atoms with Crippen molar-refractivity contribution in [3.63, 3.8) is 0 Å². The molecule has 8 heteroatoms. The summed E-state index contributed by atoms with van der Waals surface area (Å²) in [6.45, 7) is 0.502. The first-order chi connectivity index (χ1) is 13.7. The van der Waals surface area contributed by atoms with Crippen LogP contribution in [0.2, 0.25) is 0 Å². The van der Waals surface area contributed by atoms with Gasteiger partial charge in [-0.15, -0.1) is 21.5 Å². The van der Waals surface area contributed by atoms with Gasteiger partial charge in [-0.3, -0.25) is 4.79 Å². The van der Waals surface area contributed by atoms with Crippen molar-refractivity contribution in [1.82, 2.24) is 20.1 Å². The third-order valence-electron chi connectivity index (χ3n) is 4.54. The van der Waals surface area contributed by atoms with Crippen LogP contribution in [-0.2, 0) is 17.8 Å². The van der Waals surface area contributed by atoms with Gasteiger partial charge in [0.15, 0.2) is 5.16 Å². The number of ether oxygens (including phenoxy) is 1. The molecule has 0 atom stereocenters. The number of nitrogens with one attached hydrogen (secondary N) is 1. The molecule has 1 aliphatic rings. The highest BCUT2D eigenvalue weighted by atomic mass is 32.2. The Kier molecular flexibility index (Phi) is 5.97. The SMILES string of the molecule is COc1ccc(CNC(=O)CSc2nnc(Cc3cccs3)n2C2CC2)cc1. The lowest BCUT2D eigenvalue weighted by Gasteiger charge is -2.09. The highest BCUT2D eigenvalue weighted by molar-refractivity contribution is 7.99. The molecule has 1 aliphatic carbocycles. The maximum Gasteiger partial charge on any atom is 0.230 e. The maximum absolute atomic E-state index is 12.3. The average Bonchev–Trinajstić information content (AvgIpc) is 3.27. The standard InChI is InChI=1S/C20H22N4O2S2/c1-26-16-8-4-14(5-9-16)12-21-19(25)13-28-20-23-22-18(24(20)15-6-7-15)11-17-3-2-10-27-17/h2-5,8-10,15H,6-7,11-13H2,1H3,(H,21,25). The fourth-order valence-corrected chi connectivity index (χ4v) is 4.48. The van der Waals surface area contributed by atoms with Crippen LogP contribution in [0.3, 0.4) is 0 Å². The normalized spacial score (nSPS) is 13.5. The van der Waals surface area contributed by atoms with Gasteiger partial charge in [0.2, 0.25) is 5.91 Å². The minimum absolute atomic E-state index is 0.00836. The van der Waals surface area contributed by atoms with Crippen LogP contribution in [0.1, 0.15) is 35.1 Å². The van der Waals surface area contributed by atoms with Gasteiger partial charge in [-0.1, -0.05) is 30.0 Å². The van der Waals surface area contributed by atoms with E-state index < -0.39 is 0 Å². The van der Waals surface area contributed by atoms with Gasteiger partial charge in [0.1, 0.15) is 11.6 Å². The van der Waals surface area contributed by atoms with E-state index in [1.54, 1.807) is 18.4 Å². The molecule has 146 valence electrons. The summed E-state index contributed by atoms with van der Waals surface area (Å²) in [6.07, 6.45) is 3.12. The van der Waals surface area contributed by atoms with Gasteiger partial charge >= 0.3 is 0 Å². The molecule has 0 aliphatic heterocycles. The van der Waals surface area contributed by atoms with Crippen LogP contribution in [0.15, 0.2) is 46.9 Å². The predicted octanol–water partition coefficient (Wildman–Crippen LogP) is 3.68. The Bertz CT molecular complexity index is 918. The molecule has 3 aromatic rings. The molecule has 2 aromatic heterocycles. The molecule has 0 spiro atoms. The first-order valence-corrected chi connectivity index (χ1v) is 11.1. The van der Waals surface area contributed by atoms with E-state index in [0.717, 1.165) is 41.6 Å². The first-order valence-electron chi connectivity index (χ1n) is 9.21. The number of carbonyl (C=O) groups is 1. The number of methoxy groups -OCH3 is 1. The van der Waals surface area contributed by atoms with E-state index in [-0.39, 0.29) is 5.91 Å². The lowest BCUT2D eigenvalue weighted by molar-refractivity contribution is -0.118. The van der Waals surface area contributed by atoms with Crippen LogP contribution in [0.25, 0.3) is 0 Å². The molecule has 0 saturated heterocycles. The summed E-state index contributed by atoms with van der Waals surface area (Å²) in [6, 6.07) is 12.3. The second-order valence-electron chi connectivity index (χ2n) is 6.67. The molecular weight excluding hydrogens is 392 g/mol. The molecule has 1 N–H and O–H groups in total. The number of thiophene rings is 1. The van der Waals surface area contributed by atoms with Crippen molar-refractivity contribution in [2.75, 3.05) is 12.9 Å². The molecule has 1 aromatic carbocycles. The third-order valence-corrected chi connectivity index (χ3v) is 6.36. The summed E-state index contributed by atoms with van der Waals surface area (Å²) in [5, 5.41) is 14.6. The molecule has 0 radical (unpaired) electrons. The fourth-order valence-electron chi connectivity index (χ4n) is 2.92. The number of nitrogens with zero attached hydrogens (tertiary/aromatic N) is 3. The lowest BCUT2D eigenvalue weighted by atomic mass is 10.2. The van der Waals surface area contributed by atoms with Crippen LogP contribution < -0.4 is 10.1 Å². The summed E-state index contributed by atoms with van der Waals surface area (Å²) in [4.78, 5) is 13.5. The number of thioether (sulfide) groups is 1. The van der Waals surface area contributed by atoms with E-state index >= 15 is 0 Å². The summed E-state index contributed by atoms with van der Waals surface area (Å²) < 4.78 is 7.37. The topological polar surface area (TPSA) is 69.0 Å². The van der Waals surface area contributed by atoms with E-state index in [1.165, 1.54) is 16.6 Å². The zero-order valence-corrected chi connectivity index (χ0v) is 17.3. The summed E-state index contributed by atoms with van der Waals surface area (Å²) in [5.41, 5.74) is 1.04. The van der Waals surface area contributed by atoms with Crippen LogP contribution in [-0.4, -0.2) is 33.5 Å². The highest BCUT2D eigenvalue weighted by Gasteiger charge is 2.29. The number of hydrogen-bond donors (Lipinski definition) is 1. The Morgan fingerprint density at radius 1 is 1.29 bits per heavy atom. The summed E-state index contributed by atoms with van der Waals surface area (Å²) in [7, 11) is 1.64. The molecule has 28 heavy (non-hydrogen) atoms. The Labute approximate surface area is 172 Å². The Hall–Kier alpha value is -2.32. The van der Waals surface area contributed by atoms with Gasteiger partial charge in [-0.25, -0.2) is 0 Å². The number of benzene rings is 1. The Balaban J connectivity index is 1.32. The predicted molar refractivity (Wildman–Crippen MR) is 111 cm³/mol. The van der Waals surface area contributed by atoms with Gasteiger partial charge in [-0.2, -0.15) is 0 Å². The van der Waals surface area contributed by atoms with Gasteiger partial charge in [0, 0.05) is 23.9 Å². The molecule has 0 unspecified atom stereocenters. The van der Waals surface area contributed by atoms with Gasteiger partial charge in [0.05, 0.1) is 12.9 Å². The Morgan fingerprint density at radius 2 is 2.11 bits per heavy atom. The van der Waals surface area contributed by atoms with Crippen molar-refractivity contribution < 1.29 is 9.53 Å². The first kappa shape index (κ1) is 19.0. The van der Waals surface area contributed by atoms with Gasteiger partial charge < -0.3 is 14.6 Å². The zero-order chi connectivity index (χ0) is 19.3. The maximum atomic E-state index is 12.3. The monoisotopic (exact) mass is 414 g/mol. The third kappa shape index (κ3) is 4.74. The Morgan fingerprint density at radius 3 is 2.79 bits per heavy atom. The second kappa shape index (κ2) is 8.79.